The summed E-state index contributed by atoms with van der Waals surface area (Å²) in [7, 11) is 0. The van der Waals surface area contributed by atoms with Gasteiger partial charge in [0.15, 0.2) is 5.78 Å². The van der Waals surface area contributed by atoms with Crippen LogP contribution >= 0.6 is 22.7 Å². The average Bonchev–Trinajstić information content (AvgIpc) is 3.47. The Bertz CT molecular complexity index is 1030. The van der Waals surface area contributed by atoms with E-state index >= 15 is 0 Å². The topological polar surface area (TPSA) is 55.4 Å². The predicted octanol–water partition coefficient (Wildman–Crippen LogP) is 6.05. The standard InChI is InChI=1S/C25H27NO3S2/c1-15-22(25(28)29-17-7-3-2-4-8-17)24(21-10-6-12-31-21)23-18(26-15)13-16(14-19(23)27)20-9-5-11-30-20/h5-6,9-12,16-17,24,26H,2-4,7-8,13-14H2,1H3. The summed E-state index contributed by atoms with van der Waals surface area (Å²) in [5, 5.41) is 7.53. The second-order valence-corrected chi connectivity index (χ2v) is 10.7. The van der Waals surface area contributed by atoms with Gasteiger partial charge in [0, 0.05) is 39.1 Å². The second-order valence-electron chi connectivity index (χ2n) is 8.71. The number of ketones is 1. The minimum Gasteiger partial charge on any atom is -0.459 e. The molecule has 0 aromatic carbocycles. The Morgan fingerprint density at radius 1 is 1.03 bits per heavy atom. The number of carbonyl (C=O) groups excluding carboxylic acids is 2. The molecule has 2 unspecified atom stereocenters. The number of esters is 1. The van der Waals surface area contributed by atoms with Gasteiger partial charge in [-0.25, -0.2) is 4.79 Å². The lowest BCUT2D eigenvalue weighted by Crippen LogP contribution is -2.36. The quantitative estimate of drug-likeness (QED) is 0.573. The number of allylic oxidation sites excluding steroid dienone is 3. The van der Waals surface area contributed by atoms with Gasteiger partial charge in [-0.15, -0.1) is 22.7 Å². The first-order valence-electron chi connectivity index (χ1n) is 11.1. The molecule has 0 spiro atoms. The van der Waals surface area contributed by atoms with Crippen molar-refractivity contribution in [3.05, 3.63) is 67.3 Å². The Hall–Kier alpha value is -2.18. The van der Waals surface area contributed by atoms with E-state index in [0.29, 0.717) is 12.0 Å². The maximum Gasteiger partial charge on any atom is 0.337 e. The molecule has 0 bridgehead atoms. The van der Waals surface area contributed by atoms with E-state index < -0.39 is 0 Å². The van der Waals surface area contributed by atoms with Crippen molar-refractivity contribution in [3.63, 3.8) is 0 Å². The van der Waals surface area contributed by atoms with E-state index in [1.54, 1.807) is 22.7 Å². The first-order chi connectivity index (χ1) is 15.1. The van der Waals surface area contributed by atoms with E-state index in [0.717, 1.165) is 53.9 Å². The number of Topliss-reactive ketones (excluding diaryl/α,β-unsaturated/α-hetero) is 1. The van der Waals surface area contributed by atoms with Crippen molar-refractivity contribution in [2.45, 2.75) is 69.8 Å². The summed E-state index contributed by atoms with van der Waals surface area (Å²) in [5.74, 6) is -0.258. The number of nitrogens with one attached hydrogen (secondary N) is 1. The van der Waals surface area contributed by atoms with Crippen LogP contribution in [0.5, 0.6) is 0 Å². The summed E-state index contributed by atoms with van der Waals surface area (Å²) < 4.78 is 5.96. The minimum absolute atomic E-state index is 0.00817. The van der Waals surface area contributed by atoms with Crippen LogP contribution in [0.2, 0.25) is 0 Å². The zero-order valence-electron chi connectivity index (χ0n) is 17.7. The summed E-state index contributed by atoms with van der Waals surface area (Å²) >= 11 is 3.31. The fraction of sp³-hybridized carbons (Fsp3) is 0.440. The SMILES string of the molecule is CC1=C(C(=O)OC2CCCCC2)C(c2cccs2)C2=C(CC(c3cccs3)CC2=O)N1. The van der Waals surface area contributed by atoms with Crippen LogP contribution in [0.3, 0.4) is 0 Å². The summed E-state index contributed by atoms with van der Waals surface area (Å²) in [4.78, 5) is 29.1. The molecular weight excluding hydrogens is 426 g/mol. The summed E-state index contributed by atoms with van der Waals surface area (Å²) in [6.07, 6.45) is 6.59. The van der Waals surface area contributed by atoms with Gasteiger partial charge in [-0.1, -0.05) is 18.6 Å². The third-order valence-corrected chi connectivity index (χ3v) is 8.62. The molecule has 2 aromatic heterocycles. The molecule has 5 rings (SSSR count). The van der Waals surface area contributed by atoms with E-state index in [1.807, 2.05) is 30.5 Å². The second kappa shape index (κ2) is 8.75. The molecule has 4 nitrogen and oxygen atoms in total. The number of ether oxygens (including phenoxy) is 1. The van der Waals surface area contributed by atoms with E-state index in [4.69, 9.17) is 4.74 Å². The van der Waals surface area contributed by atoms with Gasteiger partial charge in [0.25, 0.3) is 0 Å². The van der Waals surface area contributed by atoms with Crippen LogP contribution in [0.15, 0.2) is 57.6 Å². The van der Waals surface area contributed by atoms with Crippen molar-refractivity contribution < 1.29 is 14.3 Å². The Balaban J connectivity index is 1.49. The van der Waals surface area contributed by atoms with Gasteiger partial charge in [0.2, 0.25) is 0 Å². The van der Waals surface area contributed by atoms with Gasteiger partial charge >= 0.3 is 5.97 Å². The van der Waals surface area contributed by atoms with Gasteiger partial charge in [0.05, 0.1) is 11.5 Å². The highest BCUT2D eigenvalue weighted by Gasteiger charge is 2.42. The number of hydrogen-bond acceptors (Lipinski definition) is 6. The van der Waals surface area contributed by atoms with Gasteiger partial charge in [-0.3, -0.25) is 4.79 Å². The van der Waals surface area contributed by atoms with E-state index in [9.17, 15) is 9.59 Å². The summed E-state index contributed by atoms with van der Waals surface area (Å²) in [5.41, 5.74) is 3.16. The van der Waals surface area contributed by atoms with Gasteiger partial charge in [-0.2, -0.15) is 0 Å². The molecule has 0 saturated heterocycles. The molecule has 162 valence electrons. The normalized spacial score (nSPS) is 24.7. The molecule has 1 saturated carbocycles. The van der Waals surface area contributed by atoms with E-state index in [2.05, 4.69) is 16.8 Å². The Kier molecular flexibility index (Phi) is 5.85. The fourth-order valence-electron chi connectivity index (χ4n) is 5.17. The maximum absolute atomic E-state index is 13.4. The fourth-order valence-corrected chi connectivity index (χ4v) is 6.85. The highest BCUT2D eigenvalue weighted by atomic mass is 32.1. The Morgan fingerprint density at radius 3 is 2.42 bits per heavy atom. The number of thiophene rings is 2. The van der Waals surface area contributed by atoms with Crippen LogP contribution < -0.4 is 5.32 Å². The summed E-state index contributed by atoms with van der Waals surface area (Å²) in [6, 6.07) is 8.18. The third kappa shape index (κ3) is 4.03. The number of dihydropyridines is 1. The van der Waals surface area contributed by atoms with Crippen molar-refractivity contribution in [3.8, 4) is 0 Å². The number of rotatable bonds is 4. The van der Waals surface area contributed by atoms with Crippen LogP contribution in [0, 0.1) is 0 Å². The Morgan fingerprint density at radius 2 is 1.74 bits per heavy atom. The van der Waals surface area contributed by atoms with Gasteiger partial charge in [-0.05, 0) is 61.9 Å². The van der Waals surface area contributed by atoms with Crippen LogP contribution in [-0.2, 0) is 14.3 Å². The lowest BCUT2D eigenvalue weighted by molar-refractivity contribution is -0.146. The third-order valence-electron chi connectivity index (χ3n) is 6.65. The minimum atomic E-state index is -0.330. The smallest absolute Gasteiger partial charge is 0.337 e. The highest BCUT2D eigenvalue weighted by molar-refractivity contribution is 7.10. The number of hydrogen-bond donors (Lipinski definition) is 1. The van der Waals surface area contributed by atoms with Crippen LogP contribution in [-0.4, -0.2) is 17.9 Å². The molecule has 6 heteroatoms. The molecule has 1 fully saturated rings. The van der Waals surface area contributed by atoms with Crippen molar-refractivity contribution in [2.24, 2.45) is 0 Å². The molecule has 2 aliphatic carbocycles. The average molecular weight is 454 g/mol. The molecule has 1 N–H and O–H groups in total. The monoisotopic (exact) mass is 453 g/mol. The lowest BCUT2D eigenvalue weighted by atomic mass is 9.74. The maximum atomic E-state index is 13.4. The van der Waals surface area contributed by atoms with E-state index in [1.165, 1.54) is 11.3 Å². The first-order valence-corrected chi connectivity index (χ1v) is 12.9. The first kappa shape index (κ1) is 20.7. The molecule has 2 aromatic rings. The predicted molar refractivity (Wildman–Crippen MR) is 124 cm³/mol. The highest BCUT2D eigenvalue weighted by Crippen LogP contribution is 2.47. The van der Waals surface area contributed by atoms with Crippen LogP contribution in [0.4, 0.5) is 0 Å². The molecular formula is C25H27NO3S2. The molecule has 2 atom stereocenters. The zero-order valence-corrected chi connectivity index (χ0v) is 19.3. The summed E-state index contributed by atoms with van der Waals surface area (Å²) in [6.45, 7) is 1.95. The van der Waals surface area contributed by atoms with Gasteiger partial charge < -0.3 is 10.1 Å². The molecule has 1 aliphatic heterocycles. The van der Waals surface area contributed by atoms with E-state index in [-0.39, 0.29) is 29.7 Å². The molecule has 3 aliphatic rings. The zero-order chi connectivity index (χ0) is 21.4. The molecule has 3 heterocycles. The van der Waals surface area contributed by atoms with Gasteiger partial charge in [0.1, 0.15) is 6.10 Å². The molecule has 0 amide bonds. The molecule has 31 heavy (non-hydrogen) atoms. The van der Waals surface area contributed by atoms with Crippen molar-refractivity contribution in [1.29, 1.82) is 0 Å². The van der Waals surface area contributed by atoms with Crippen molar-refractivity contribution >= 4 is 34.4 Å². The Labute approximate surface area is 191 Å². The lowest BCUT2D eigenvalue weighted by Gasteiger charge is -2.36. The van der Waals surface area contributed by atoms with Crippen molar-refractivity contribution in [2.75, 3.05) is 0 Å². The number of carbonyl (C=O) groups is 2. The van der Waals surface area contributed by atoms with Crippen LogP contribution in [0.25, 0.3) is 0 Å². The molecule has 0 radical (unpaired) electrons. The van der Waals surface area contributed by atoms with Crippen molar-refractivity contribution in [1.82, 2.24) is 5.32 Å². The largest absolute Gasteiger partial charge is 0.459 e. The van der Waals surface area contributed by atoms with Crippen LogP contribution in [0.1, 0.15) is 73.5 Å².